The van der Waals surface area contributed by atoms with Crippen LogP contribution in [0.5, 0.6) is 0 Å². The molecule has 2 saturated heterocycles. The molecule has 2 atom stereocenters. The molecule has 0 radical (unpaired) electrons. The van der Waals surface area contributed by atoms with Crippen LogP contribution in [0.3, 0.4) is 0 Å². The molecule has 0 aromatic carbocycles. The van der Waals surface area contributed by atoms with Crippen molar-refractivity contribution in [3.63, 3.8) is 0 Å². The van der Waals surface area contributed by atoms with E-state index in [2.05, 4.69) is 44.6 Å². The van der Waals surface area contributed by atoms with Gasteiger partial charge >= 0.3 is 0 Å². The Hall–Kier alpha value is -1.92. The molecule has 2 fully saturated rings. The van der Waals surface area contributed by atoms with E-state index in [1.54, 1.807) is 10.4 Å². The number of nitrogens with zero attached hydrogens (tertiary/aromatic N) is 5. The summed E-state index contributed by atoms with van der Waals surface area (Å²) in [7, 11) is -3.55. The lowest BCUT2D eigenvalue weighted by Crippen LogP contribution is -2.48. The number of sulfonamides is 1. The lowest BCUT2D eigenvalue weighted by molar-refractivity contribution is 0.178. The predicted octanol–water partition coefficient (Wildman–Crippen LogP) is 3.83. The Bertz CT molecular complexity index is 1220. The second kappa shape index (κ2) is 12.1. The van der Waals surface area contributed by atoms with Gasteiger partial charge in [0, 0.05) is 71.5 Å². The van der Waals surface area contributed by atoms with Gasteiger partial charge in [0.2, 0.25) is 10.0 Å². The van der Waals surface area contributed by atoms with E-state index in [4.69, 9.17) is 0 Å². The van der Waals surface area contributed by atoms with Crippen LogP contribution in [0.1, 0.15) is 44.8 Å². The summed E-state index contributed by atoms with van der Waals surface area (Å²) < 4.78 is 45.2. The molecule has 38 heavy (non-hydrogen) atoms. The lowest BCUT2D eigenvalue weighted by atomic mass is 9.98. The largest absolute Gasteiger partial charge is 0.364 e. The van der Waals surface area contributed by atoms with Crippen molar-refractivity contribution in [3.05, 3.63) is 63.2 Å². The zero-order valence-corrected chi connectivity index (χ0v) is 24.0. The average Bonchev–Trinajstić information content (AvgIpc) is 3.29. The van der Waals surface area contributed by atoms with Gasteiger partial charge in [-0.2, -0.15) is 4.31 Å². The standard InChI is InChI=1S/C27H39FN6O2S2/c1-21-3-8-26(32-11-9-29-10-12-32)37-27(17-21)38(35,36)33-15-13-31(14-16-33)19-25-18-30-20-34(25)22(2)23-4-6-24(28)7-5-23/h4,6,8,17-18,20-22,29H,3,5,7,9-16,19H2,1-2H3. The van der Waals surface area contributed by atoms with Gasteiger partial charge in [-0.15, -0.1) is 0 Å². The van der Waals surface area contributed by atoms with Gasteiger partial charge in [0.15, 0.2) is 0 Å². The maximum atomic E-state index is 13.7. The molecule has 1 aromatic heterocycles. The molecule has 2 unspecified atom stereocenters. The molecule has 8 nitrogen and oxygen atoms in total. The van der Waals surface area contributed by atoms with Crippen molar-refractivity contribution >= 4 is 21.8 Å². The molecule has 0 spiro atoms. The van der Waals surface area contributed by atoms with Crippen LogP contribution >= 0.6 is 11.8 Å². The van der Waals surface area contributed by atoms with Crippen LogP contribution in [0.25, 0.3) is 0 Å². The Balaban J connectivity index is 1.21. The molecule has 5 rings (SSSR count). The zero-order chi connectivity index (χ0) is 26.7. The van der Waals surface area contributed by atoms with Crippen molar-refractivity contribution < 1.29 is 12.8 Å². The van der Waals surface area contributed by atoms with Gasteiger partial charge in [-0.1, -0.05) is 36.9 Å². The van der Waals surface area contributed by atoms with Crippen molar-refractivity contribution in [1.82, 2.24) is 29.0 Å². The number of nitrogens with one attached hydrogen (secondary N) is 1. The fourth-order valence-electron chi connectivity index (χ4n) is 5.43. The number of hydrogen-bond donors (Lipinski definition) is 1. The fourth-order valence-corrected chi connectivity index (χ4v) is 8.72. The molecule has 1 aliphatic carbocycles. The minimum atomic E-state index is -3.55. The van der Waals surface area contributed by atoms with Crippen LogP contribution in [0.2, 0.25) is 0 Å². The number of piperazine rings is 2. The van der Waals surface area contributed by atoms with E-state index in [1.807, 2.05) is 24.7 Å². The van der Waals surface area contributed by atoms with Gasteiger partial charge in [-0.3, -0.25) is 4.90 Å². The number of rotatable bonds is 7. The molecule has 0 saturated carbocycles. The Labute approximate surface area is 230 Å². The SMILES string of the molecule is CC1C=C(S(=O)(=O)N2CCN(Cc3cncn3C(C)C3=CC=C(F)CC3)CC2)SC(N2CCNCC2)=CC1. The maximum absolute atomic E-state index is 13.7. The molecule has 208 valence electrons. The highest BCUT2D eigenvalue weighted by Gasteiger charge is 2.33. The molecule has 1 aromatic rings. The first-order chi connectivity index (χ1) is 18.3. The second-order valence-corrected chi connectivity index (χ2v) is 13.8. The van der Waals surface area contributed by atoms with E-state index in [9.17, 15) is 12.8 Å². The Morgan fingerprint density at radius 3 is 2.61 bits per heavy atom. The van der Waals surface area contributed by atoms with E-state index in [1.165, 1.54) is 17.3 Å². The average molecular weight is 563 g/mol. The van der Waals surface area contributed by atoms with Crippen LogP contribution in [0.15, 0.2) is 57.5 Å². The zero-order valence-electron chi connectivity index (χ0n) is 22.4. The fraction of sp³-hybridized carbons (Fsp3) is 0.593. The number of hydrogen-bond acceptors (Lipinski definition) is 7. The molecular weight excluding hydrogens is 523 g/mol. The van der Waals surface area contributed by atoms with Gasteiger partial charge in [-0.25, -0.2) is 17.8 Å². The molecule has 3 aliphatic heterocycles. The van der Waals surface area contributed by atoms with Crippen LogP contribution in [0, 0.1) is 5.92 Å². The van der Waals surface area contributed by atoms with E-state index in [0.717, 1.165) is 49.7 Å². The summed E-state index contributed by atoms with van der Waals surface area (Å²) >= 11 is 1.42. The Morgan fingerprint density at radius 2 is 1.89 bits per heavy atom. The summed E-state index contributed by atoms with van der Waals surface area (Å²) in [6, 6.07) is 0.109. The minimum Gasteiger partial charge on any atom is -0.364 e. The summed E-state index contributed by atoms with van der Waals surface area (Å²) in [5.74, 6) is 0.116. The van der Waals surface area contributed by atoms with E-state index in [-0.39, 0.29) is 17.8 Å². The predicted molar refractivity (Wildman–Crippen MR) is 151 cm³/mol. The van der Waals surface area contributed by atoms with Crippen molar-refractivity contribution in [2.75, 3.05) is 52.4 Å². The number of thioether (sulfide) groups is 1. The highest BCUT2D eigenvalue weighted by atomic mass is 32.3. The molecular formula is C27H39FN6O2S2. The highest BCUT2D eigenvalue weighted by molar-refractivity contribution is 8.20. The molecule has 4 heterocycles. The minimum absolute atomic E-state index is 0.0665. The normalized spacial score (nSPS) is 25.2. The summed E-state index contributed by atoms with van der Waals surface area (Å²) in [6.07, 6.45) is 13.4. The summed E-state index contributed by atoms with van der Waals surface area (Å²) in [5.41, 5.74) is 2.28. The summed E-state index contributed by atoms with van der Waals surface area (Å²) in [5, 5.41) is 4.44. The van der Waals surface area contributed by atoms with Crippen LogP contribution in [0.4, 0.5) is 4.39 Å². The Kier molecular flexibility index (Phi) is 8.79. The van der Waals surface area contributed by atoms with Gasteiger partial charge in [0.25, 0.3) is 0 Å². The van der Waals surface area contributed by atoms with Crippen molar-refractivity contribution in [2.45, 2.75) is 45.7 Å². The van der Waals surface area contributed by atoms with Gasteiger partial charge in [0.1, 0.15) is 10.1 Å². The third-order valence-electron chi connectivity index (χ3n) is 7.86. The Morgan fingerprint density at radius 1 is 1.13 bits per heavy atom. The molecule has 0 bridgehead atoms. The monoisotopic (exact) mass is 562 g/mol. The quantitative estimate of drug-likeness (QED) is 0.542. The lowest BCUT2D eigenvalue weighted by Gasteiger charge is -2.35. The highest BCUT2D eigenvalue weighted by Crippen LogP contribution is 2.38. The van der Waals surface area contributed by atoms with Crippen molar-refractivity contribution in [1.29, 1.82) is 0 Å². The number of halogens is 1. The number of imidazole rings is 1. The third-order valence-corrected chi connectivity index (χ3v) is 11.4. The number of aromatic nitrogens is 2. The second-order valence-electron chi connectivity index (χ2n) is 10.6. The van der Waals surface area contributed by atoms with Crippen molar-refractivity contribution in [2.24, 2.45) is 5.92 Å². The molecule has 11 heteroatoms. The number of allylic oxidation sites excluding steroid dienone is 6. The van der Waals surface area contributed by atoms with Crippen molar-refractivity contribution in [3.8, 4) is 0 Å². The van der Waals surface area contributed by atoms with Crippen LogP contribution in [-0.4, -0.2) is 84.4 Å². The van der Waals surface area contributed by atoms with E-state index < -0.39 is 10.0 Å². The summed E-state index contributed by atoms with van der Waals surface area (Å²) in [6.45, 7) is 10.9. The smallest absolute Gasteiger partial charge is 0.249 e. The van der Waals surface area contributed by atoms with E-state index >= 15 is 0 Å². The first-order valence-corrected chi connectivity index (χ1v) is 15.9. The van der Waals surface area contributed by atoms with E-state index in [0.29, 0.717) is 43.4 Å². The summed E-state index contributed by atoms with van der Waals surface area (Å²) in [4.78, 5) is 8.99. The third kappa shape index (κ3) is 6.28. The first kappa shape index (κ1) is 27.6. The molecule has 4 aliphatic rings. The molecule has 0 amide bonds. The van der Waals surface area contributed by atoms with Gasteiger partial charge in [0.05, 0.1) is 23.1 Å². The van der Waals surface area contributed by atoms with Crippen LogP contribution < -0.4 is 5.32 Å². The van der Waals surface area contributed by atoms with Gasteiger partial charge in [-0.05, 0) is 37.3 Å². The first-order valence-electron chi connectivity index (χ1n) is 13.6. The molecule has 1 N–H and O–H groups in total. The van der Waals surface area contributed by atoms with Crippen LogP contribution in [-0.2, 0) is 16.6 Å². The van der Waals surface area contributed by atoms with Gasteiger partial charge < -0.3 is 14.8 Å². The maximum Gasteiger partial charge on any atom is 0.249 e. The topological polar surface area (TPSA) is 73.7 Å².